The van der Waals surface area contributed by atoms with Crippen molar-refractivity contribution in [3.05, 3.63) is 35.8 Å². The maximum absolute atomic E-state index is 5.91. The van der Waals surface area contributed by atoms with E-state index < -0.39 is 0 Å². The molecule has 0 saturated heterocycles. The molecule has 0 bridgehead atoms. The van der Waals surface area contributed by atoms with E-state index in [2.05, 4.69) is 15.0 Å². The van der Waals surface area contributed by atoms with Crippen molar-refractivity contribution in [1.29, 1.82) is 0 Å². The summed E-state index contributed by atoms with van der Waals surface area (Å²) in [7, 11) is 0. The van der Waals surface area contributed by atoms with Crippen molar-refractivity contribution in [3.63, 3.8) is 0 Å². The van der Waals surface area contributed by atoms with E-state index in [1.54, 1.807) is 29.4 Å². The lowest BCUT2D eigenvalue weighted by molar-refractivity contribution is 0.128. The number of nitrogens with zero attached hydrogens (tertiary/aromatic N) is 4. The van der Waals surface area contributed by atoms with Gasteiger partial charge in [-0.25, -0.2) is 15.0 Å². The maximum atomic E-state index is 5.91. The fourth-order valence-corrected chi connectivity index (χ4v) is 1.43. The Kier molecular flexibility index (Phi) is 3.48. The number of rotatable bonds is 4. The fraction of sp³-hybridized carbons (Fsp3) is 0.300. The van der Waals surface area contributed by atoms with Crippen molar-refractivity contribution in [2.45, 2.75) is 13.5 Å². The van der Waals surface area contributed by atoms with Crippen molar-refractivity contribution in [1.82, 2.24) is 19.5 Å². The Morgan fingerprint density at radius 3 is 3.00 bits per heavy atom. The highest BCUT2D eigenvalue weighted by molar-refractivity contribution is 6.29. The standard InChI is InChI=1S/C10H11ClN4O/c1-2-16-6-9-13-8(11)5-10(14-9)15-4-3-12-7-15/h3-5,7H,2,6H2,1H3. The van der Waals surface area contributed by atoms with Gasteiger partial charge in [0, 0.05) is 25.1 Å². The molecule has 2 rings (SSSR count). The SMILES string of the molecule is CCOCc1nc(Cl)cc(-n2ccnc2)n1. The molecular formula is C10H11ClN4O. The second-order valence-corrected chi connectivity index (χ2v) is 3.46. The fourth-order valence-electron chi connectivity index (χ4n) is 1.24. The van der Waals surface area contributed by atoms with Crippen LogP contribution < -0.4 is 0 Å². The van der Waals surface area contributed by atoms with E-state index in [1.807, 2.05) is 6.92 Å². The molecule has 0 N–H and O–H groups in total. The summed E-state index contributed by atoms with van der Waals surface area (Å²) in [6.07, 6.45) is 5.13. The van der Waals surface area contributed by atoms with E-state index in [-0.39, 0.29) is 0 Å². The molecule has 0 aromatic carbocycles. The van der Waals surface area contributed by atoms with Gasteiger partial charge in [0.2, 0.25) is 0 Å². The van der Waals surface area contributed by atoms with E-state index >= 15 is 0 Å². The largest absolute Gasteiger partial charge is 0.374 e. The number of hydrogen-bond donors (Lipinski definition) is 0. The zero-order valence-electron chi connectivity index (χ0n) is 8.80. The Labute approximate surface area is 98.1 Å². The normalized spacial score (nSPS) is 10.6. The van der Waals surface area contributed by atoms with Gasteiger partial charge in [0.1, 0.15) is 23.9 Å². The third-order valence-corrected chi connectivity index (χ3v) is 2.13. The summed E-state index contributed by atoms with van der Waals surface area (Å²) in [5.74, 6) is 1.25. The van der Waals surface area contributed by atoms with E-state index in [0.29, 0.717) is 30.0 Å². The molecule has 5 nitrogen and oxygen atoms in total. The lowest BCUT2D eigenvalue weighted by Gasteiger charge is -2.05. The average Bonchev–Trinajstić information content (AvgIpc) is 2.79. The minimum Gasteiger partial charge on any atom is -0.374 e. The highest BCUT2D eigenvalue weighted by Gasteiger charge is 2.04. The Morgan fingerprint density at radius 2 is 2.31 bits per heavy atom. The van der Waals surface area contributed by atoms with E-state index in [9.17, 15) is 0 Å². The zero-order chi connectivity index (χ0) is 11.4. The summed E-state index contributed by atoms with van der Waals surface area (Å²) in [6, 6.07) is 1.68. The van der Waals surface area contributed by atoms with E-state index in [1.165, 1.54) is 0 Å². The highest BCUT2D eigenvalue weighted by Crippen LogP contribution is 2.11. The molecule has 2 heterocycles. The molecule has 0 fully saturated rings. The molecule has 0 amide bonds. The van der Waals surface area contributed by atoms with Gasteiger partial charge in [0.25, 0.3) is 0 Å². The van der Waals surface area contributed by atoms with Gasteiger partial charge in [-0.3, -0.25) is 4.57 Å². The van der Waals surface area contributed by atoms with Crippen LogP contribution in [0.4, 0.5) is 0 Å². The van der Waals surface area contributed by atoms with E-state index in [0.717, 1.165) is 0 Å². The third kappa shape index (κ3) is 2.56. The van der Waals surface area contributed by atoms with Crippen LogP contribution >= 0.6 is 11.6 Å². The molecule has 0 aliphatic heterocycles. The number of halogens is 1. The molecule has 84 valence electrons. The molecule has 16 heavy (non-hydrogen) atoms. The first-order valence-corrected chi connectivity index (χ1v) is 5.27. The van der Waals surface area contributed by atoms with Crippen molar-refractivity contribution in [2.24, 2.45) is 0 Å². The second kappa shape index (κ2) is 5.05. The van der Waals surface area contributed by atoms with Crippen molar-refractivity contribution < 1.29 is 4.74 Å². The lowest BCUT2D eigenvalue weighted by Crippen LogP contribution is -2.03. The smallest absolute Gasteiger partial charge is 0.158 e. The van der Waals surface area contributed by atoms with Crippen LogP contribution in [0.25, 0.3) is 5.82 Å². The quantitative estimate of drug-likeness (QED) is 0.763. The molecule has 0 atom stereocenters. The van der Waals surface area contributed by atoms with Crippen molar-refractivity contribution in [3.8, 4) is 5.82 Å². The molecule has 0 radical (unpaired) electrons. The molecular weight excluding hydrogens is 228 g/mol. The van der Waals surface area contributed by atoms with Gasteiger partial charge in [-0.1, -0.05) is 11.6 Å². The summed E-state index contributed by atoms with van der Waals surface area (Å²) in [6.45, 7) is 2.90. The van der Waals surface area contributed by atoms with Crippen LogP contribution in [0.3, 0.4) is 0 Å². The zero-order valence-corrected chi connectivity index (χ0v) is 9.55. The summed E-state index contributed by atoms with van der Waals surface area (Å²) in [5.41, 5.74) is 0. The van der Waals surface area contributed by atoms with Crippen LogP contribution in [0.5, 0.6) is 0 Å². The lowest BCUT2D eigenvalue weighted by atomic mass is 10.5. The second-order valence-electron chi connectivity index (χ2n) is 3.07. The maximum Gasteiger partial charge on any atom is 0.158 e. The van der Waals surface area contributed by atoms with Crippen molar-refractivity contribution >= 4 is 11.6 Å². The third-order valence-electron chi connectivity index (χ3n) is 1.93. The topological polar surface area (TPSA) is 52.8 Å². The average molecular weight is 239 g/mol. The molecule has 0 aliphatic carbocycles. The predicted octanol–water partition coefficient (Wildman–Crippen LogP) is 1.85. The van der Waals surface area contributed by atoms with Crippen molar-refractivity contribution in [2.75, 3.05) is 6.61 Å². The molecule has 2 aromatic heterocycles. The number of ether oxygens (including phenoxy) is 1. The minimum absolute atomic E-state index is 0.360. The van der Waals surface area contributed by atoms with Crippen LogP contribution in [-0.4, -0.2) is 26.1 Å². The van der Waals surface area contributed by atoms with Gasteiger partial charge in [-0.2, -0.15) is 0 Å². The molecule has 6 heteroatoms. The number of aromatic nitrogens is 4. The monoisotopic (exact) mass is 238 g/mol. The Bertz CT molecular complexity index is 458. The van der Waals surface area contributed by atoms with Gasteiger partial charge in [-0.15, -0.1) is 0 Å². The Hall–Kier alpha value is -1.46. The Morgan fingerprint density at radius 1 is 1.44 bits per heavy atom. The molecule has 0 saturated carbocycles. The van der Waals surface area contributed by atoms with Gasteiger partial charge < -0.3 is 4.74 Å². The van der Waals surface area contributed by atoms with Crippen LogP contribution in [-0.2, 0) is 11.3 Å². The highest BCUT2D eigenvalue weighted by atomic mass is 35.5. The number of imidazole rings is 1. The first-order valence-electron chi connectivity index (χ1n) is 4.89. The molecule has 2 aromatic rings. The van der Waals surface area contributed by atoms with Gasteiger partial charge in [0.05, 0.1) is 0 Å². The predicted molar refractivity (Wildman–Crippen MR) is 59.5 cm³/mol. The Balaban J connectivity index is 2.29. The number of hydrogen-bond acceptors (Lipinski definition) is 4. The molecule has 0 spiro atoms. The van der Waals surface area contributed by atoms with Crippen LogP contribution in [0.1, 0.15) is 12.7 Å². The van der Waals surface area contributed by atoms with Crippen LogP contribution in [0, 0.1) is 0 Å². The van der Waals surface area contributed by atoms with Gasteiger partial charge in [0.15, 0.2) is 5.82 Å². The van der Waals surface area contributed by atoms with Crippen LogP contribution in [0.15, 0.2) is 24.8 Å². The summed E-state index contributed by atoms with van der Waals surface area (Å²) >= 11 is 5.91. The minimum atomic E-state index is 0.360. The van der Waals surface area contributed by atoms with E-state index in [4.69, 9.17) is 16.3 Å². The molecule has 0 unspecified atom stereocenters. The molecule has 0 aliphatic rings. The summed E-state index contributed by atoms with van der Waals surface area (Å²) in [5, 5.41) is 0.397. The summed E-state index contributed by atoms with van der Waals surface area (Å²) in [4.78, 5) is 12.3. The summed E-state index contributed by atoms with van der Waals surface area (Å²) < 4.78 is 7.01. The van der Waals surface area contributed by atoms with Crippen LogP contribution in [0.2, 0.25) is 5.15 Å². The first kappa shape index (κ1) is 11.0. The first-order chi connectivity index (χ1) is 7.79. The van der Waals surface area contributed by atoms with Gasteiger partial charge >= 0.3 is 0 Å². The van der Waals surface area contributed by atoms with Gasteiger partial charge in [-0.05, 0) is 6.92 Å².